The maximum absolute atomic E-state index is 14.7. The van der Waals surface area contributed by atoms with Gasteiger partial charge in [0.2, 0.25) is 5.60 Å². The standard InChI is InChI=1S/C38H51N6O10P/c1-22(2)35(46)51-32-29(53-38(20-39,33(32)52-36(47)23(3)4)30-17-16-28-34(40)41-21-42-44(28)30)19-49-55(48,43-24(5)18-31(45)50-26-10-9-11-26)54-27-14-12-25(13-15-27)37(6,7)8/h12-17,21-24,26,29,32-33H,9-11,18-19H2,1-8H3,(H,43,48)(H2,40,41,42)/t24-,29+,32+,33+,38-,55?/m0/s1. The molecule has 0 bridgehead atoms. The number of hydrogen-bond acceptors (Lipinski definition) is 14. The van der Waals surface area contributed by atoms with E-state index < -0.39 is 74.1 Å². The van der Waals surface area contributed by atoms with Crippen molar-refractivity contribution < 1.29 is 46.9 Å². The highest BCUT2D eigenvalue weighted by atomic mass is 31.2. The van der Waals surface area contributed by atoms with E-state index in [1.54, 1.807) is 52.8 Å². The molecule has 17 heteroatoms. The summed E-state index contributed by atoms with van der Waals surface area (Å²) in [5.74, 6) is -2.81. The van der Waals surface area contributed by atoms with Gasteiger partial charge in [0.15, 0.2) is 18.0 Å². The first kappa shape index (κ1) is 41.6. The van der Waals surface area contributed by atoms with Gasteiger partial charge in [-0.3, -0.25) is 18.9 Å². The average molecular weight is 783 g/mol. The molecule has 3 aromatic rings. The fourth-order valence-electron chi connectivity index (χ4n) is 6.04. The highest BCUT2D eigenvalue weighted by molar-refractivity contribution is 7.52. The molecule has 2 fully saturated rings. The molecule has 0 amide bonds. The summed E-state index contributed by atoms with van der Waals surface area (Å²) >= 11 is 0. The molecule has 1 aliphatic heterocycles. The van der Waals surface area contributed by atoms with Crippen LogP contribution in [0.5, 0.6) is 5.75 Å². The Hall–Kier alpha value is -4.55. The van der Waals surface area contributed by atoms with Gasteiger partial charge in [-0.15, -0.1) is 0 Å². The minimum atomic E-state index is -4.40. The minimum absolute atomic E-state index is 0.101. The largest absolute Gasteiger partial charge is 0.462 e. The molecule has 3 heterocycles. The lowest BCUT2D eigenvalue weighted by Gasteiger charge is -2.29. The van der Waals surface area contributed by atoms with Crippen LogP contribution >= 0.6 is 7.75 Å². The molecule has 55 heavy (non-hydrogen) atoms. The highest BCUT2D eigenvalue weighted by Crippen LogP contribution is 2.49. The number of carbonyl (C=O) groups is 3. The van der Waals surface area contributed by atoms with Gasteiger partial charge in [-0.2, -0.15) is 10.4 Å². The summed E-state index contributed by atoms with van der Waals surface area (Å²) in [4.78, 5) is 43.2. The van der Waals surface area contributed by atoms with Gasteiger partial charge in [0.05, 0.1) is 30.6 Å². The third kappa shape index (κ3) is 9.47. The van der Waals surface area contributed by atoms with E-state index in [1.807, 2.05) is 12.1 Å². The lowest BCUT2D eigenvalue weighted by atomic mass is 9.87. The van der Waals surface area contributed by atoms with Gasteiger partial charge >= 0.3 is 25.7 Å². The average Bonchev–Trinajstić information content (AvgIpc) is 3.65. The zero-order valence-corrected chi connectivity index (χ0v) is 33.4. The second-order valence-corrected chi connectivity index (χ2v) is 17.4. The highest BCUT2D eigenvalue weighted by Gasteiger charge is 2.63. The van der Waals surface area contributed by atoms with E-state index in [-0.39, 0.29) is 35.2 Å². The van der Waals surface area contributed by atoms with Crippen molar-refractivity contribution in [2.75, 3.05) is 12.3 Å². The number of nitriles is 1. The fourth-order valence-corrected chi connectivity index (χ4v) is 7.59. The number of esters is 3. The Morgan fingerprint density at radius 1 is 1.04 bits per heavy atom. The van der Waals surface area contributed by atoms with Crippen LogP contribution in [0.3, 0.4) is 0 Å². The molecule has 1 saturated heterocycles. The Bertz CT molecular complexity index is 1950. The van der Waals surface area contributed by atoms with E-state index in [0.29, 0.717) is 5.52 Å². The number of rotatable bonds is 15. The predicted octanol–water partition coefficient (Wildman–Crippen LogP) is 5.53. The summed E-state index contributed by atoms with van der Waals surface area (Å²) in [6.45, 7) is 13.7. The van der Waals surface area contributed by atoms with Gasteiger partial charge < -0.3 is 29.2 Å². The van der Waals surface area contributed by atoms with Gasteiger partial charge in [0.1, 0.15) is 35.9 Å². The number of hydrogen-bond donors (Lipinski definition) is 2. The number of nitrogens with two attached hydrogens (primary N) is 1. The molecule has 2 aromatic heterocycles. The topological polar surface area (TPSA) is 216 Å². The SMILES string of the molecule is CC(C)C(=O)O[C@H]1[C@@H](OC(=O)C(C)C)[C@](C#N)(c2ccc3c(N)ncnn23)O[C@@H]1COP(=O)(N[C@@H](C)CC(=O)OC1CCC1)Oc1ccc(C(C)(C)C)cc1. The summed E-state index contributed by atoms with van der Waals surface area (Å²) in [7, 11) is -4.40. The number of ether oxygens (including phenoxy) is 4. The lowest BCUT2D eigenvalue weighted by molar-refractivity contribution is -0.173. The molecule has 2 aliphatic rings. The van der Waals surface area contributed by atoms with Crippen LogP contribution in [0.25, 0.3) is 5.52 Å². The van der Waals surface area contributed by atoms with Crippen LogP contribution in [0.4, 0.5) is 5.82 Å². The quantitative estimate of drug-likeness (QED) is 0.110. The molecule has 1 aromatic carbocycles. The summed E-state index contributed by atoms with van der Waals surface area (Å²) in [6, 6.07) is 11.5. The van der Waals surface area contributed by atoms with E-state index in [1.165, 1.54) is 16.9 Å². The number of carbonyl (C=O) groups excluding carboxylic acids is 3. The maximum atomic E-state index is 14.7. The van der Waals surface area contributed by atoms with Crippen molar-refractivity contribution in [2.45, 2.75) is 123 Å². The van der Waals surface area contributed by atoms with Crippen LogP contribution in [0.1, 0.15) is 92.3 Å². The van der Waals surface area contributed by atoms with Crippen molar-refractivity contribution in [1.82, 2.24) is 19.7 Å². The summed E-state index contributed by atoms with van der Waals surface area (Å²) in [6.07, 6.45) is -0.876. The smallest absolute Gasteiger partial charge is 0.459 e. The summed E-state index contributed by atoms with van der Waals surface area (Å²) in [5, 5.41) is 18.0. The number of fused-ring (bicyclic) bond motifs is 1. The van der Waals surface area contributed by atoms with E-state index in [2.05, 4.69) is 42.0 Å². The van der Waals surface area contributed by atoms with Crippen molar-refractivity contribution in [3.05, 3.63) is 54.0 Å². The monoisotopic (exact) mass is 782 g/mol. The Balaban J connectivity index is 1.52. The van der Waals surface area contributed by atoms with E-state index in [0.717, 1.165) is 24.8 Å². The summed E-state index contributed by atoms with van der Waals surface area (Å²) in [5.41, 5.74) is 5.23. The van der Waals surface area contributed by atoms with Crippen LogP contribution in [0.2, 0.25) is 0 Å². The van der Waals surface area contributed by atoms with E-state index in [9.17, 15) is 24.2 Å². The molecule has 3 N–H and O–H groups in total. The van der Waals surface area contributed by atoms with E-state index >= 15 is 0 Å². The third-order valence-corrected chi connectivity index (χ3v) is 11.1. The number of aromatic nitrogens is 3. The van der Waals surface area contributed by atoms with Crippen molar-refractivity contribution in [1.29, 1.82) is 5.26 Å². The number of nitrogens with zero attached hydrogens (tertiary/aromatic N) is 4. The minimum Gasteiger partial charge on any atom is -0.462 e. The van der Waals surface area contributed by atoms with Crippen LogP contribution < -0.4 is 15.3 Å². The summed E-state index contributed by atoms with van der Waals surface area (Å²) < 4.78 is 52.0. The first-order chi connectivity index (χ1) is 25.9. The zero-order valence-electron chi connectivity index (χ0n) is 32.5. The Labute approximate surface area is 320 Å². The third-order valence-electron chi connectivity index (χ3n) is 9.43. The van der Waals surface area contributed by atoms with Gasteiger partial charge in [-0.05, 0) is 61.4 Å². The number of nitrogens with one attached hydrogen (secondary N) is 1. The Morgan fingerprint density at radius 2 is 1.69 bits per heavy atom. The van der Waals surface area contributed by atoms with Crippen LogP contribution in [0, 0.1) is 23.2 Å². The van der Waals surface area contributed by atoms with Gasteiger partial charge in [-0.25, -0.2) is 19.2 Å². The number of benzene rings is 1. The second-order valence-electron chi connectivity index (χ2n) is 15.7. The molecule has 5 rings (SSSR count). The van der Waals surface area contributed by atoms with Crippen molar-refractivity contribution in [2.24, 2.45) is 11.8 Å². The maximum Gasteiger partial charge on any atom is 0.459 e. The van der Waals surface area contributed by atoms with Crippen LogP contribution in [0.15, 0.2) is 42.7 Å². The number of anilines is 1. The van der Waals surface area contributed by atoms with Crippen molar-refractivity contribution in [3.63, 3.8) is 0 Å². The van der Waals surface area contributed by atoms with Crippen molar-refractivity contribution >= 4 is 37.0 Å². The molecule has 1 saturated carbocycles. The Morgan fingerprint density at radius 3 is 2.27 bits per heavy atom. The molecule has 1 aliphatic carbocycles. The predicted molar refractivity (Wildman–Crippen MR) is 199 cm³/mol. The molecule has 0 spiro atoms. The second kappa shape index (κ2) is 16.7. The van der Waals surface area contributed by atoms with Gasteiger partial charge in [0.25, 0.3) is 0 Å². The molecular formula is C38H51N6O10P. The molecule has 298 valence electrons. The molecule has 1 unspecified atom stereocenters. The molecular weight excluding hydrogens is 731 g/mol. The van der Waals surface area contributed by atoms with Crippen molar-refractivity contribution in [3.8, 4) is 11.8 Å². The fraction of sp³-hybridized carbons (Fsp3) is 0.579. The van der Waals surface area contributed by atoms with Crippen LogP contribution in [-0.2, 0) is 53.4 Å². The zero-order chi connectivity index (χ0) is 40.3. The Kier molecular flexibility index (Phi) is 12.6. The van der Waals surface area contributed by atoms with Gasteiger partial charge in [0, 0.05) is 6.04 Å². The first-order valence-electron chi connectivity index (χ1n) is 18.5. The first-order valence-corrected chi connectivity index (χ1v) is 20.0. The van der Waals surface area contributed by atoms with E-state index in [4.69, 9.17) is 33.7 Å². The van der Waals surface area contributed by atoms with Gasteiger partial charge in [-0.1, -0.05) is 60.6 Å². The molecule has 0 radical (unpaired) electrons. The molecule has 6 atom stereocenters. The van der Waals surface area contributed by atoms with Crippen LogP contribution in [-0.4, -0.2) is 69.6 Å². The lowest BCUT2D eigenvalue weighted by Crippen LogP contribution is -2.47. The normalized spacial score (nSPS) is 23.1. The number of nitrogen functional groups attached to an aromatic ring is 1. The molecule has 16 nitrogen and oxygen atoms in total.